The van der Waals surface area contributed by atoms with Gasteiger partial charge >= 0.3 is 6.09 Å². The van der Waals surface area contributed by atoms with E-state index in [0.717, 1.165) is 5.56 Å². The summed E-state index contributed by atoms with van der Waals surface area (Å²) in [6, 6.07) is 9.44. The van der Waals surface area contributed by atoms with Gasteiger partial charge in [-0.1, -0.05) is 30.3 Å². The topological polar surface area (TPSA) is 49.9 Å². The maximum Gasteiger partial charge on any atom is 0.410 e. The number of carbonyl (C=O) groups excluding carboxylic acids is 2. The Hall–Kier alpha value is -2.04. The van der Waals surface area contributed by atoms with Crippen molar-refractivity contribution in [2.24, 2.45) is 0 Å². The highest BCUT2D eigenvalue weighted by atomic mass is 16.6. The number of benzene rings is 1. The van der Waals surface area contributed by atoms with Crippen molar-refractivity contribution >= 4 is 12.0 Å². The summed E-state index contributed by atoms with van der Waals surface area (Å²) in [6.45, 7) is 2.50. The second-order valence-corrected chi connectivity index (χ2v) is 4.34. The lowest BCUT2D eigenvalue weighted by Crippen LogP contribution is -2.40. The van der Waals surface area contributed by atoms with Gasteiger partial charge in [-0.2, -0.15) is 0 Å². The van der Waals surface area contributed by atoms with Crippen LogP contribution in [-0.4, -0.2) is 49.0 Å². The third kappa shape index (κ3) is 4.99. The van der Waals surface area contributed by atoms with Crippen LogP contribution in [-0.2, 0) is 16.1 Å². The molecule has 2 amide bonds. The summed E-state index contributed by atoms with van der Waals surface area (Å²) >= 11 is 0. The summed E-state index contributed by atoms with van der Waals surface area (Å²) in [5.74, 6) is -0.126. The molecule has 5 heteroatoms. The molecule has 0 spiro atoms. The summed E-state index contributed by atoms with van der Waals surface area (Å²) in [5, 5.41) is 0. The van der Waals surface area contributed by atoms with Gasteiger partial charge in [0.1, 0.15) is 13.2 Å². The molecule has 0 aliphatic heterocycles. The Labute approximate surface area is 113 Å². The Morgan fingerprint density at radius 3 is 2.32 bits per heavy atom. The highest BCUT2D eigenvalue weighted by molar-refractivity contribution is 5.81. The van der Waals surface area contributed by atoms with E-state index in [1.54, 1.807) is 14.1 Å². The molecule has 0 aliphatic carbocycles. The third-order valence-corrected chi connectivity index (χ3v) is 2.67. The van der Waals surface area contributed by atoms with Gasteiger partial charge in [-0.15, -0.1) is 0 Å². The molecule has 0 atom stereocenters. The first-order valence-electron chi connectivity index (χ1n) is 6.20. The molecule has 0 saturated carbocycles. The Balaban J connectivity index is 2.48. The van der Waals surface area contributed by atoms with Gasteiger partial charge in [0.2, 0.25) is 5.91 Å². The first-order chi connectivity index (χ1) is 9.04. The van der Waals surface area contributed by atoms with Crippen molar-refractivity contribution in [3.8, 4) is 0 Å². The number of likely N-dealkylation sites (N-methyl/N-ethyl adjacent to an activating group) is 2. The summed E-state index contributed by atoms with van der Waals surface area (Å²) in [6.07, 6.45) is -0.471. The van der Waals surface area contributed by atoms with Crippen molar-refractivity contribution in [1.29, 1.82) is 0 Å². The van der Waals surface area contributed by atoms with Crippen molar-refractivity contribution in [3.05, 3.63) is 35.9 Å². The number of amides is 2. The van der Waals surface area contributed by atoms with E-state index in [0.29, 0.717) is 6.54 Å². The van der Waals surface area contributed by atoms with E-state index >= 15 is 0 Å². The molecule has 0 aromatic heterocycles. The lowest BCUT2D eigenvalue weighted by Gasteiger charge is -2.21. The van der Waals surface area contributed by atoms with Crippen LogP contribution < -0.4 is 0 Å². The average molecular weight is 264 g/mol. The summed E-state index contributed by atoms with van der Waals surface area (Å²) in [7, 11) is 3.32. The van der Waals surface area contributed by atoms with Crippen LogP contribution in [0.5, 0.6) is 0 Å². The Bertz CT molecular complexity index is 418. The molecular formula is C14H20N2O3. The number of hydrogen-bond donors (Lipinski definition) is 0. The zero-order chi connectivity index (χ0) is 14.3. The van der Waals surface area contributed by atoms with Crippen LogP contribution >= 0.6 is 0 Å². The summed E-state index contributed by atoms with van der Waals surface area (Å²) in [5.41, 5.74) is 0.922. The fourth-order valence-corrected chi connectivity index (χ4v) is 1.42. The van der Waals surface area contributed by atoms with E-state index < -0.39 is 6.09 Å². The molecule has 0 unspecified atom stereocenters. The number of hydrogen-bond acceptors (Lipinski definition) is 3. The van der Waals surface area contributed by atoms with Crippen LogP contribution in [0.3, 0.4) is 0 Å². The molecule has 104 valence electrons. The minimum Gasteiger partial charge on any atom is -0.445 e. The fraction of sp³-hybridized carbons (Fsp3) is 0.429. The van der Waals surface area contributed by atoms with E-state index in [1.165, 1.54) is 9.80 Å². The summed E-state index contributed by atoms with van der Waals surface area (Å²) in [4.78, 5) is 26.2. The molecule has 0 radical (unpaired) electrons. The fourth-order valence-electron chi connectivity index (χ4n) is 1.42. The molecular weight excluding hydrogens is 244 g/mol. The predicted octanol–water partition coefficient (Wildman–Crippen LogP) is 1.73. The second kappa shape index (κ2) is 7.41. The van der Waals surface area contributed by atoms with Crippen molar-refractivity contribution in [2.45, 2.75) is 13.5 Å². The SMILES string of the molecule is CCN(CC(=O)N(C)C)C(=O)OCc1ccccc1. The van der Waals surface area contributed by atoms with E-state index in [9.17, 15) is 9.59 Å². The monoisotopic (exact) mass is 264 g/mol. The molecule has 0 aliphatic rings. The van der Waals surface area contributed by atoms with Gasteiger partial charge in [-0.05, 0) is 12.5 Å². The van der Waals surface area contributed by atoms with Crippen LogP contribution in [0.25, 0.3) is 0 Å². The molecule has 1 aromatic carbocycles. The lowest BCUT2D eigenvalue weighted by atomic mass is 10.2. The highest BCUT2D eigenvalue weighted by Gasteiger charge is 2.17. The van der Waals surface area contributed by atoms with Crippen LogP contribution in [0.4, 0.5) is 4.79 Å². The average Bonchev–Trinajstić information content (AvgIpc) is 2.42. The molecule has 0 saturated heterocycles. The van der Waals surface area contributed by atoms with E-state index in [1.807, 2.05) is 37.3 Å². The number of nitrogens with zero attached hydrogens (tertiary/aromatic N) is 2. The van der Waals surface area contributed by atoms with Gasteiger partial charge in [0.25, 0.3) is 0 Å². The minimum absolute atomic E-state index is 0.0388. The van der Waals surface area contributed by atoms with Gasteiger partial charge < -0.3 is 9.64 Å². The zero-order valence-electron chi connectivity index (χ0n) is 11.6. The van der Waals surface area contributed by atoms with Gasteiger partial charge in [0.15, 0.2) is 0 Å². The predicted molar refractivity (Wildman–Crippen MR) is 72.6 cm³/mol. The van der Waals surface area contributed by atoms with Crippen molar-refractivity contribution in [3.63, 3.8) is 0 Å². The van der Waals surface area contributed by atoms with Crippen LogP contribution in [0, 0.1) is 0 Å². The van der Waals surface area contributed by atoms with E-state index in [4.69, 9.17) is 4.74 Å². The van der Waals surface area contributed by atoms with Crippen molar-refractivity contribution in [2.75, 3.05) is 27.2 Å². The Morgan fingerprint density at radius 1 is 1.16 bits per heavy atom. The van der Waals surface area contributed by atoms with E-state index in [-0.39, 0.29) is 19.1 Å². The zero-order valence-corrected chi connectivity index (χ0v) is 11.6. The van der Waals surface area contributed by atoms with Gasteiger partial charge in [0, 0.05) is 20.6 Å². The van der Waals surface area contributed by atoms with Crippen LogP contribution in [0.2, 0.25) is 0 Å². The van der Waals surface area contributed by atoms with Gasteiger partial charge in [0.05, 0.1) is 0 Å². The minimum atomic E-state index is -0.471. The van der Waals surface area contributed by atoms with Crippen LogP contribution in [0.15, 0.2) is 30.3 Å². The van der Waals surface area contributed by atoms with Crippen LogP contribution in [0.1, 0.15) is 12.5 Å². The highest BCUT2D eigenvalue weighted by Crippen LogP contribution is 2.03. The molecule has 19 heavy (non-hydrogen) atoms. The smallest absolute Gasteiger partial charge is 0.410 e. The molecule has 1 rings (SSSR count). The molecule has 0 heterocycles. The number of carbonyl (C=O) groups is 2. The first kappa shape index (κ1) is 15.0. The van der Waals surface area contributed by atoms with Gasteiger partial charge in [-0.3, -0.25) is 9.69 Å². The van der Waals surface area contributed by atoms with Crippen molar-refractivity contribution in [1.82, 2.24) is 9.80 Å². The normalized spacial score (nSPS) is 9.84. The standard InChI is InChI=1S/C14H20N2O3/c1-4-16(10-13(17)15(2)3)14(18)19-11-12-8-6-5-7-9-12/h5-9H,4,10-11H2,1-3H3. The summed E-state index contributed by atoms with van der Waals surface area (Å²) < 4.78 is 5.18. The Morgan fingerprint density at radius 2 is 1.79 bits per heavy atom. The maximum atomic E-state index is 11.8. The molecule has 0 fully saturated rings. The quantitative estimate of drug-likeness (QED) is 0.814. The molecule has 5 nitrogen and oxygen atoms in total. The van der Waals surface area contributed by atoms with Crippen molar-refractivity contribution < 1.29 is 14.3 Å². The molecule has 1 aromatic rings. The van der Waals surface area contributed by atoms with Gasteiger partial charge in [-0.25, -0.2) is 4.79 Å². The Kier molecular flexibility index (Phi) is 5.85. The lowest BCUT2D eigenvalue weighted by molar-refractivity contribution is -0.129. The first-order valence-corrected chi connectivity index (χ1v) is 6.20. The molecule has 0 N–H and O–H groups in total. The number of ether oxygens (including phenoxy) is 1. The maximum absolute atomic E-state index is 11.8. The number of rotatable bonds is 5. The second-order valence-electron chi connectivity index (χ2n) is 4.34. The largest absolute Gasteiger partial charge is 0.445 e. The van der Waals surface area contributed by atoms with E-state index in [2.05, 4.69) is 0 Å². The third-order valence-electron chi connectivity index (χ3n) is 2.67. The molecule has 0 bridgehead atoms.